The summed E-state index contributed by atoms with van der Waals surface area (Å²) in [6, 6.07) is 3.77. The summed E-state index contributed by atoms with van der Waals surface area (Å²) in [5.41, 5.74) is 0.992. The first-order chi connectivity index (χ1) is 10.1. The molecule has 21 heavy (non-hydrogen) atoms. The Morgan fingerprint density at radius 3 is 2.38 bits per heavy atom. The third-order valence-corrected chi connectivity index (χ3v) is 5.55. The van der Waals surface area contributed by atoms with Crippen molar-refractivity contribution in [2.45, 2.75) is 31.8 Å². The van der Waals surface area contributed by atoms with Gasteiger partial charge in [-0.1, -0.05) is 31.5 Å². The van der Waals surface area contributed by atoms with E-state index in [-0.39, 0.29) is 19.9 Å². The van der Waals surface area contributed by atoms with Gasteiger partial charge in [0.1, 0.15) is 5.75 Å². The molecule has 6 heteroatoms. The van der Waals surface area contributed by atoms with E-state index in [4.69, 9.17) is 30.2 Å². The SMILES string of the molecule is CCCC(C)(PCl)c1cc(OC)cc(OC)c1OCOC. The lowest BCUT2D eigenvalue weighted by Gasteiger charge is -2.30. The molecule has 0 N–H and O–H groups in total. The zero-order chi connectivity index (χ0) is 15.9. The fourth-order valence-electron chi connectivity index (χ4n) is 2.26. The van der Waals surface area contributed by atoms with Crippen LogP contribution in [0.3, 0.4) is 0 Å². The molecule has 0 saturated carbocycles. The van der Waals surface area contributed by atoms with Crippen LogP contribution in [0.4, 0.5) is 0 Å². The van der Waals surface area contributed by atoms with Gasteiger partial charge in [0.05, 0.1) is 14.2 Å². The fourth-order valence-corrected chi connectivity index (χ4v) is 3.48. The van der Waals surface area contributed by atoms with Gasteiger partial charge >= 0.3 is 0 Å². The minimum atomic E-state index is -0.193. The van der Waals surface area contributed by atoms with Crippen LogP contribution in [0.1, 0.15) is 32.3 Å². The van der Waals surface area contributed by atoms with E-state index in [0.29, 0.717) is 11.5 Å². The molecule has 0 aliphatic heterocycles. The van der Waals surface area contributed by atoms with Gasteiger partial charge in [0.15, 0.2) is 18.3 Å². The molecule has 1 aromatic carbocycles. The molecule has 1 rings (SSSR count). The van der Waals surface area contributed by atoms with E-state index in [2.05, 4.69) is 13.8 Å². The van der Waals surface area contributed by atoms with Gasteiger partial charge in [0.25, 0.3) is 0 Å². The summed E-state index contributed by atoms with van der Waals surface area (Å²) in [6.45, 7) is 4.43. The lowest BCUT2D eigenvalue weighted by Crippen LogP contribution is -2.17. The van der Waals surface area contributed by atoms with E-state index in [0.717, 1.165) is 24.2 Å². The van der Waals surface area contributed by atoms with Crippen molar-refractivity contribution >= 4 is 19.2 Å². The Morgan fingerprint density at radius 2 is 1.90 bits per heavy atom. The largest absolute Gasteiger partial charge is 0.497 e. The van der Waals surface area contributed by atoms with Gasteiger partial charge in [-0.25, -0.2) is 0 Å². The van der Waals surface area contributed by atoms with Gasteiger partial charge in [0, 0.05) is 23.9 Å². The minimum Gasteiger partial charge on any atom is -0.497 e. The Hall–Kier alpha value is -0.700. The van der Waals surface area contributed by atoms with E-state index in [1.165, 1.54) is 0 Å². The van der Waals surface area contributed by atoms with Crippen molar-refractivity contribution in [2.24, 2.45) is 0 Å². The molecular formula is C15H24ClO4P. The molecule has 0 radical (unpaired) electrons. The highest BCUT2D eigenvalue weighted by molar-refractivity contribution is 7.69. The van der Waals surface area contributed by atoms with Gasteiger partial charge in [-0.2, -0.15) is 0 Å². The molecule has 2 unspecified atom stereocenters. The van der Waals surface area contributed by atoms with E-state index in [9.17, 15) is 0 Å². The number of benzene rings is 1. The molecule has 0 aliphatic rings. The van der Waals surface area contributed by atoms with Crippen LogP contribution in [0.2, 0.25) is 0 Å². The van der Waals surface area contributed by atoms with Crippen LogP contribution in [0.15, 0.2) is 12.1 Å². The molecule has 0 heterocycles. The van der Waals surface area contributed by atoms with Crippen LogP contribution in [0.25, 0.3) is 0 Å². The second-order valence-corrected chi connectivity index (χ2v) is 6.79. The Labute approximate surface area is 133 Å². The van der Waals surface area contributed by atoms with Crippen LogP contribution in [0.5, 0.6) is 17.2 Å². The average molecular weight is 335 g/mol. The quantitative estimate of drug-likeness (QED) is 0.491. The maximum atomic E-state index is 6.28. The van der Waals surface area contributed by atoms with Gasteiger partial charge in [0.2, 0.25) is 0 Å². The number of halogens is 1. The summed E-state index contributed by atoms with van der Waals surface area (Å²) in [4.78, 5) is 0. The third-order valence-electron chi connectivity index (χ3n) is 3.36. The van der Waals surface area contributed by atoms with Crippen LogP contribution >= 0.6 is 19.2 Å². The molecule has 0 bridgehead atoms. The third kappa shape index (κ3) is 4.38. The lowest BCUT2D eigenvalue weighted by molar-refractivity contribution is 0.0479. The van der Waals surface area contributed by atoms with Gasteiger partial charge < -0.3 is 18.9 Å². The van der Waals surface area contributed by atoms with E-state index < -0.39 is 0 Å². The predicted octanol–water partition coefficient (Wildman–Crippen LogP) is 4.53. The number of methoxy groups -OCH3 is 3. The molecular weight excluding hydrogens is 311 g/mol. The summed E-state index contributed by atoms with van der Waals surface area (Å²) in [5, 5.41) is -0.193. The van der Waals surface area contributed by atoms with Crippen LogP contribution < -0.4 is 14.2 Å². The van der Waals surface area contributed by atoms with Crippen molar-refractivity contribution in [1.29, 1.82) is 0 Å². The second kappa shape index (κ2) is 8.67. The Morgan fingerprint density at radius 1 is 1.19 bits per heavy atom. The lowest BCUT2D eigenvalue weighted by atomic mass is 9.93. The van der Waals surface area contributed by atoms with Gasteiger partial charge in [-0.15, -0.1) is 0 Å². The highest BCUT2D eigenvalue weighted by atomic mass is 35.7. The van der Waals surface area contributed by atoms with E-state index in [1.807, 2.05) is 6.07 Å². The minimum absolute atomic E-state index is 0.156. The number of hydrogen-bond donors (Lipinski definition) is 0. The monoisotopic (exact) mass is 334 g/mol. The molecule has 2 atom stereocenters. The van der Waals surface area contributed by atoms with Crippen LogP contribution in [-0.4, -0.2) is 28.1 Å². The summed E-state index contributed by atoms with van der Waals surface area (Å²) < 4.78 is 21.6. The molecule has 0 amide bonds. The summed E-state index contributed by atoms with van der Waals surface area (Å²) in [7, 11) is 5.05. The maximum Gasteiger partial charge on any atom is 0.188 e. The van der Waals surface area contributed by atoms with Crippen molar-refractivity contribution in [1.82, 2.24) is 0 Å². The van der Waals surface area contributed by atoms with Crippen molar-refractivity contribution in [3.05, 3.63) is 17.7 Å². The molecule has 0 aromatic heterocycles. The predicted molar refractivity (Wildman–Crippen MR) is 88.5 cm³/mol. The Balaban J connectivity index is 3.42. The van der Waals surface area contributed by atoms with Crippen molar-refractivity contribution in [3.63, 3.8) is 0 Å². The highest BCUT2D eigenvalue weighted by Crippen LogP contribution is 2.53. The van der Waals surface area contributed by atoms with Crippen molar-refractivity contribution in [3.8, 4) is 17.2 Å². The first kappa shape index (κ1) is 18.3. The number of rotatable bonds is 9. The van der Waals surface area contributed by atoms with Crippen LogP contribution in [-0.2, 0) is 9.89 Å². The zero-order valence-electron chi connectivity index (χ0n) is 13.3. The summed E-state index contributed by atoms with van der Waals surface area (Å²) in [5.74, 6) is 2.02. The first-order valence-electron chi connectivity index (χ1n) is 6.82. The van der Waals surface area contributed by atoms with E-state index in [1.54, 1.807) is 27.4 Å². The first-order valence-corrected chi connectivity index (χ1v) is 8.83. The number of ether oxygens (including phenoxy) is 4. The second-order valence-electron chi connectivity index (χ2n) is 4.93. The van der Waals surface area contributed by atoms with Gasteiger partial charge in [-0.05, 0) is 20.4 Å². The highest BCUT2D eigenvalue weighted by Gasteiger charge is 2.31. The normalized spacial score (nSPS) is 14.2. The summed E-state index contributed by atoms with van der Waals surface area (Å²) in [6.07, 6.45) is 1.98. The maximum absolute atomic E-state index is 6.28. The Kier molecular flexibility index (Phi) is 7.58. The standard InChI is InChI=1S/C15H24ClO4P/c1-6-7-15(2,21-16)12-8-11(18-4)9-13(19-5)14(12)20-10-17-3/h8-9,21H,6-7,10H2,1-5H3. The van der Waals surface area contributed by atoms with Gasteiger partial charge in [-0.3, -0.25) is 0 Å². The Bertz CT molecular complexity index is 456. The molecule has 0 aliphatic carbocycles. The summed E-state index contributed by atoms with van der Waals surface area (Å²) >= 11 is 6.28. The van der Waals surface area contributed by atoms with Crippen LogP contribution in [0, 0.1) is 0 Å². The molecule has 0 spiro atoms. The molecule has 0 fully saturated rings. The fraction of sp³-hybridized carbons (Fsp3) is 0.600. The molecule has 1 aromatic rings. The smallest absolute Gasteiger partial charge is 0.188 e. The molecule has 120 valence electrons. The molecule has 0 saturated heterocycles. The molecule has 4 nitrogen and oxygen atoms in total. The average Bonchev–Trinajstić information content (AvgIpc) is 2.52. The zero-order valence-corrected chi connectivity index (χ0v) is 15.0. The van der Waals surface area contributed by atoms with Crippen molar-refractivity contribution in [2.75, 3.05) is 28.1 Å². The van der Waals surface area contributed by atoms with E-state index >= 15 is 0 Å². The number of hydrogen-bond acceptors (Lipinski definition) is 4. The van der Waals surface area contributed by atoms with Crippen molar-refractivity contribution < 1.29 is 18.9 Å². The topological polar surface area (TPSA) is 36.9 Å².